The Balaban J connectivity index is 2.59. The summed E-state index contributed by atoms with van der Waals surface area (Å²) in [5.41, 5.74) is 0.518. The molecule has 0 saturated heterocycles. The molecule has 18 heavy (non-hydrogen) atoms. The number of hydrogen-bond donors (Lipinski definition) is 0. The summed E-state index contributed by atoms with van der Waals surface area (Å²) in [7, 11) is 0. The van der Waals surface area contributed by atoms with Crippen molar-refractivity contribution in [1.82, 2.24) is 9.97 Å². The minimum Gasteiger partial charge on any atom is -0.314 e. The fourth-order valence-corrected chi connectivity index (χ4v) is 7.67. The third-order valence-corrected chi connectivity index (χ3v) is 9.39. The van der Waals surface area contributed by atoms with Gasteiger partial charge in [0.15, 0.2) is 0 Å². The molecule has 1 aromatic heterocycles. The van der Waals surface area contributed by atoms with Crippen LogP contribution in [0, 0.1) is 5.95 Å². The van der Waals surface area contributed by atoms with E-state index in [-0.39, 0.29) is 0 Å². The van der Waals surface area contributed by atoms with Gasteiger partial charge in [0.05, 0.1) is 12.3 Å². The summed E-state index contributed by atoms with van der Waals surface area (Å²) in [5.74, 6) is -2.21. The van der Waals surface area contributed by atoms with Crippen LogP contribution in [-0.2, 0) is 14.8 Å². The van der Waals surface area contributed by atoms with Gasteiger partial charge < -0.3 is 4.52 Å². The number of aromatic nitrogens is 2. The Morgan fingerprint density at radius 2 is 2.17 bits per heavy atom. The largest absolute Gasteiger partial charge is 0.314 e. The van der Waals surface area contributed by atoms with Crippen LogP contribution in [0.15, 0.2) is 12.4 Å². The molecule has 0 bridgehead atoms. The predicted octanol–water partition coefficient (Wildman–Crippen LogP) is 4.14. The van der Waals surface area contributed by atoms with E-state index in [2.05, 4.69) is 9.97 Å². The van der Waals surface area contributed by atoms with Gasteiger partial charge in [-0.3, -0.25) is 4.57 Å². The Kier molecular flexibility index (Phi) is 7.22. The molecule has 0 aliphatic rings. The van der Waals surface area contributed by atoms with Gasteiger partial charge in [0.2, 0.25) is 5.95 Å². The first-order valence-corrected chi connectivity index (χ1v) is 10.4. The van der Waals surface area contributed by atoms with Crippen molar-refractivity contribution in [3.05, 3.63) is 24.0 Å². The Hall–Kier alpha value is -0.100. The fourth-order valence-electron chi connectivity index (χ4n) is 1.07. The van der Waals surface area contributed by atoms with E-state index in [0.717, 1.165) is 18.5 Å². The summed E-state index contributed by atoms with van der Waals surface area (Å²) in [6.45, 7) is 4.23. The number of rotatable bonds is 8. The molecule has 0 aliphatic heterocycles. The molecule has 0 spiro atoms. The molecule has 0 radical (unpaired) electrons. The van der Waals surface area contributed by atoms with Crippen LogP contribution in [0.25, 0.3) is 0 Å². The van der Waals surface area contributed by atoms with Crippen LogP contribution in [0.4, 0.5) is 4.39 Å². The quantitative estimate of drug-likeness (QED) is 0.531. The molecular formula is C10H16FN2O2PS2. The van der Waals surface area contributed by atoms with Gasteiger partial charge >= 0.3 is 5.77 Å². The molecule has 0 N–H and O–H groups in total. The van der Waals surface area contributed by atoms with Crippen LogP contribution < -0.4 is 0 Å². The van der Waals surface area contributed by atoms with E-state index in [1.54, 1.807) is 0 Å². The van der Waals surface area contributed by atoms with Gasteiger partial charge in [-0.05, 0) is 13.3 Å². The van der Waals surface area contributed by atoms with Gasteiger partial charge in [0.1, 0.15) is 6.33 Å². The van der Waals surface area contributed by atoms with E-state index < -0.39 is 11.7 Å². The summed E-state index contributed by atoms with van der Waals surface area (Å²) in [6, 6.07) is 1.24. The van der Waals surface area contributed by atoms with E-state index in [0.29, 0.717) is 18.1 Å². The first-order chi connectivity index (χ1) is 8.59. The predicted molar refractivity (Wildman–Crippen MR) is 75.3 cm³/mol. The average molecular weight is 310 g/mol. The first-order valence-electron chi connectivity index (χ1n) is 5.59. The first kappa shape index (κ1) is 16.0. The molecule has 102 valence electrons. The van der Waals surface area contributed by atoms with Gasteiger partial charge in [-0.25, -0.2) is 9.97 Å². The van der Waals surface area contributed by atoms with Crippen molar-refractivity contribution in [1.29, 1.82) is 0 Å². The van der Waals surface area contributed by atoms with Gasteiger partial charge in [0, 0.05) is 17.6 Å². The molecule has 0 fully saturated rings. The second kappa shape index (κ2) is 8.15. The zero-order chi connectivity index (χ0) is 13.4. The lowest BCUT2D eigenvalue weighted by Gasteiger charge is -2.15. The van der Waals surface area contributed by atoms with E-state index in [4.69, 9.17) is 4.52 Å². The highest BCUT2D eigenvalue weighted by molar-refractivity contribution is 8.89. The standard InChI is InChI=1S/C10H16FN2O2PS2/c1-3-5-17-16(14,15-4-2)18-7-9-6-10(11)13-8-12-9/h6,8H,3-5,7H2,1-2H3. The van der Waals surface area contributed by atoms with Gasteiger partial charge in [-0.1, -0.05) is 29.7 Å². The van der Waals surface area contributed by atoms with Gasteiger partial charge in [-0.15, -0.1) is 0 Å². The monoisotopic (exact) mass is 310 g/mol. The lowest BCUT2D eigenvalue weighted by atomic mass is 10.4. The normalized spacial score (nSPS) is 14.4. The molecule has 4 nitrogen and oxygen atoms in total. The van der Waals surface area contributed by atoms with Crippen LogP contribution in [0.3, 0.4) is 0 Å². The molecule has 0 aliphatic carbocycles. The molecule has 1 aromatic rings. The molecule has 0 aromatic carbocycles. The zero-order valence-corrected chi connectivity index (χ0v) is 12.9. The molecule has 1 heterocycles. The van der Waals surface area contributed by atoms with Gasteiger partial charge in [-0.2, -0.15) is 4.39 Å². The second-order valence-corrected chi connectivity index (χ2v) is 10.8. The third kappa shape index (κ3) is 5.69. The van der Waals surface area contributed by atoms with E-state index in [1.807, 2.05) is 13.8 Å². The highest BCUT2D eigenvalue weighted by atomic mass is 33.1. The van der Waals surface area contributed by atoms with E-state index >= 15 is 0 Å². The molecule has 1 unspecified atom stereocenters. The SMILES string of the molecule is CCCSP(=O)(OCC)SCc1cc(F)ncn1. The summed E-state index contributed by atoms with van der Waals surface area (Å²) in [6.07, 6.45) is 2.10. The second-order valence-electron chi connectivity index (χ2n) is 3.30. The van der Waals surface area contributed by atoms with Crippen LogP contribution in [0.5, 0.6) is 0 Å². The maximum Gasteiger partial charge on any atom is 0.313 e. The Morgan fingerprint density at radius 3 is 2.78 bits per heavy atom. The third-order valence-electron chi connectivity index (χ3n) is 1.80. The maximum atomic E-state index is 12.9. The topological polar surface area (TPSA) is 52.1 Å². The Labute approximate surface area is 114 Å². The van der Waals surface area contributed by atoms with Crippen molar-refractivity contribution in [2.24, 2.45) is 0 Å². The van der Waals surface area contributed by atoms with Crippen molar-refractivity contribution in [3.8, 4) is 0 Å². The van der Waals surface area contributed by atoms with Crippen molar-refractivity contribution in [2.75, 3.05) is 12.4 Å². The summed E-state index contributed by atoms with van der Waals surface area (Å²) in [5, 5.41) is 0. The van der Waals surface area contributed by atoms with Crippen LogP contribution in [0.2, 0.25) is 0 Å². The summed E-state index contributed by atoms with van der Waals surface area (Å²) in [4.78, 5) is 7.30. The lowest BCUT2D eigenvalue weighted by Crippen LogP contribution is -1.92. The summed E-state index contributed by atoms with van der Waals surface area (Å²) < 4.78 is 30.6. The minimum atomic E-state index is -2.77. The Morgan fingerprint density at radius 1 is 1.39 bits per heavy atom. The molecule has 1 atom stereocenters. The van der Waals surface area contributed by atoms with Crippen molar-refractivity contribution in [2.45, 2.75) is 26.0 Å². The highest BCUT2D eigenvalue weighted by Crippen LogP contribution is 2.70. The van der Waals surface area contributed by atoms with Crippen molar-refractivity contribution < 1.29 is 13.5 Å². The number of halogens is 1. The van der Waals surface area contributed by atoms with Gasteiger partial charge in [0.25, 0.3) is 0 Å². The lowest BCUT2D eigenvalue weighted by molar-refractivity contribution is 0.357. The summed E-state index contributed by atoms with van der Waals surface area (Å²) >= 11 is 2.52. The molecule has 1 rings (SSSR count). The van der Waals surface area contributed by atoms with Crippen LogP contribution in [-0.4, -0.2) is 22.3 Å². The Bertz CT molecular complexity index is 423. The highest BCUT2D eigenvalue weighted by Gasteiger charge is 2.24. The van der Waals surface area contributed by atoms with Crippen LogP contribution in [0.1, 0.15) is 26.0 Å². The molecule has 0 saturated carbocycles. The molecule has 8 heteroatoms. The zero-order valence-electron chi connectivity index (χ0n) is 10.3. The number of nitrogens with zero attached hydrogens (tertiary/aromatic N) is 2. The fraction of sp³-hybridized carbons (Fsp3) is 0.600. The van der Waals surface area contributed by atoms with E-state index in [1.165, 1.54) is 28.8 Å². The average Bonchev–Trinajstić information content (AvgIpc) is 2.35. The van der Waals surface area contributed by atoms with Crippen molar-refractivity contribution >= 4 is 28.5 Å². The van der Waals surface area contributed by atoms with E-state index in [9.17, 15) is 8.96 Å². The maximum absolute atomic E-state index is 12.9. The van der Waals surface area contributed by atoms with Crippen LogP contribution >= 0.6 is 28.5 Å². The van der Waals surface area contributed by atoms with Crippen molar-refractivity contribution in [3.63, 3.8) is 0 Å². The smallest absolute Gasteiger partial charge is 0.313 e. The molecular weight excluding hydrogens is 294 g/mol. The number of hydrogen-bond acceptors (Lipinski definition) is 6. The molecule has 0 amide bonds. The minimum absolute atomic E-state index is 0.355.